The number of ether oxygens (including phenoxy) is 1. The van der Waals surface area contributed by atoms with Gasteiger partial charge in [0.15, 0.2) is 0 Å². The summed E-state index contributed by atoms with van der Waals surface area (Å²) in [5.74, 6) is 4.64. The Kier molecular flexibility index (Phi) is 4.32. The summed E-state index contributed by atoms with van der Waals surface area (Å²) in [4.78, 5) is 10.7. The van der Waals surface area contributed by atoms with E-state index in [1.807, 2.05) is 0 Å². The normalized spacial score (nSPS) is 9.00. The number of hydrogen-bond acceptors (Lipinski definition) is 2. The Balaban J connectivity index is 2.72. The van der Waals surface area contributed by atoms with E-state index in [2.05, 4.69) is 32.5 Å². The van der Waals surface area contributed by atoms with Crippen LogP contribution in [0.2, 0.25) is 0 Å². The highest BCUT2D eigenvalue weighted by atomic mass is 79.9. The van der Waals surface area contributed by atoms with Gasteiger partial charge in [-0.15, -0.1) is 0 Å². The first-order valence-corrected chi connectivity index (χ1v) is 4.93. The maximum Gasteiger partial charge on any atom is 0.317 e. The fraction of sp³-hybridized carbons (Fsp3) is 0.182. The maximum absolute atomic E-state index is 12.8. The lowest BCUT2D eigenvalue weighted by atomic mass is 10.2. The van der Waals surface area contributed by atoms with Gasteiger partial charge < -0.3 is 4.74 Å². The fourth-order valence-electron chi connectivity index (χ4n) is 0.864. The Morgan fingerprint density at radius 2 is 2.33 bits per heavy atom. The molecule has 0 aliphatic carbocycles. The van der Waals surface area contributed by atoms with Gasteiger partial charge in [-0.3, -0.25) is 4.79 Å². The summed E-state index contributed by atoms with van der Waals surface area (Å²) < 4.78 is 17.6. The largest absolute Gasteiger partial charge is 0.468 e. The van der Waals surface area contributed by atoms with E-state index in [0.29, 0.717) is 10.0 Å². The zero-order chi connectivity index (χ0) is 11.3. The highest BCUT2D eigenvalue weighted by Gasteiger charge is 1.98. The van der Waals surface area contributed by atoms with E-state index < -0.39 is 0 Å². The SMILES string of the molecule is COC(=O)CC#Cc1ccc(F)c(Br)c1. The van der Waals surface area contributed by atoms with Gasteiger partial charge in [0.2, 0.25) is 0 Å². The van der Waals surface area contributed by atoms with E-state index in [1.54, 1.807) is 12.1 Å². The van der Waals surface area contributed by atoms with Crippen molar-refractivity contribution in [3.8, 4) is 11.8 Å². The zero-order valence-corrected chi connectivity index (χ0v) is 9.60. The van der Waals surface area contributed by atoms with Crippen molar-refractivity contribution < 1.29 is 13.9 Å². The summed E-state index contributed by atoms with van der Waals surface area (Å²) in [5, 5.41) is 0. The number of rotatable bonds is 1. The average Bonchev–Trinajstić information content (AvgIpc) is 2.23. The highest BCUT2D eigenvalue weighted by molar-refractivity contribution is 9.10. The molecule has 0 amide bonds. The van der Waals surface area contributed by atoms with E-state index in [9.17, 15) is 9.18 Å². The van der Waals surface area contributed by atoms with Crippen LogP contribution in [0.25, 0.3) is 0 Å². The van der Waals surface area contributed by atoms with Gasteiger partial charge in [0.05, 0.1) is 11.6 Å². The van der Waals surface area contributed by atoms with E-state index in [0.717, 1.165) is 0 Å². The van der Waals surface area contributed by atoms with E-state index in [-0.39, 0.29) is 18.2 Å². The summed E-state index contributed by atoms with van der Waals surface area (Å²) in [7, 11) is 1.30. The van der Waals surface area contributed by atoms with Crippen molar-refractivity contribution in [2.75, 3.05) is 7.11 Å². The smallest absolute Gasteiger partial charge is 0.317 e. The zero-order valence-electron chi connectivity index (χ0n) is 8.01. The molecule has 0 bridgehead atoms. The van der Waals surface area contributed by atoms with Gasteiger partial charge in [-0.25, -0.2) is 4.39 Å². The second kappa shape index (κ2) is 5.52. The predicted octanol–water partition coefficient (Wildman–Crippen LogP) is 2.50. The first-order chi connectivity index (χ1) is 7.13. The number of hydrogen-bond donors (Lipinski definition) is 0. The molecule has 0 N–H and O–H groups in total. The molecule has 78 valence electrons. The molecule has 0 atom stereocenters. The van der Waals surface area contributed by atoms with E-state index in [4.69, 9.17) is 0 Å². The second-order valence-electron chi connectivity index (χ2n) is 2.68. The number of carbonyl (C=O) groups is 1. The molecule has 1 rings (SSSR count). The molecule has 0 saturated carbocycles. The quantitative estimate of drug-likeness (QED) is 0.579. The Morgan fingerprint density at radius 1 is 1.60 bits per heavy atom. The number of carbonyl (C=O) groups excluding carboxylic acids is 1. The summed E-state index contributed by atoms with van der Waals surface area (Å²) in [6, 6.07) is 4.41. The second-order valence-corrected chi connectivity index (χ2v) is 3.54. The molecule has 0 saturated heterocycles. The molecule has 0 aliphatic heterocycles. The predicted molar refractivity (Wildman–Crippen MR) is 57.6 cm³/mol. The molecular weight excluding hydrogens is 263 g/mol. The van der Waals surface area contributed by atoms with Crippen LogP contribution in [0, 0.1) is 17.7 Å². The van der Waals surface area contributed by atoms with Crippen LogP contribution in [0.1, 0.15) is 12.0 Å². The molecule has 0 heterocycles. The average molecular weight is 271 g/mol. The maximum atomic E-state index is 12.8. The molecule has 1 aromatic rings. The Hall–Kier alpha value is -1.34. The minimum absolute atomic E-state index is 0.0332. The van der Waals surface area contributed by atoms with Gasteiger partial charge in [0.1, 0.15) is 12.2 Å². The van der Waals surface area contributed by atoms with Crippen molar-refractivity contribution in [1.29, 1.82) is 0 Å². The molecule has 15 heavy (non-hydrogen) atoms. The van der Waals surface area contributed by atoms with Gasteiger partial charge >= 0.3 is 5.97 Å². The van der Waals surface area contributed by atoms with Crippen molar-refractivity contribution in [2.45, 2.75) is 6.42 Å². The van der Waals surface area contributed by atoms with Gasteiger partial charge in [0, 0.05) is 5.56 Å². The topological polar surface area (TPSA) is 26.3 Å². The van der Waals surface area contributed by atoms with Crippen LogP contribution in [0.5, 0.6) is 0 Å². The van der Waals surface area contributed by atoms with Crippen LogP contribution >= 0.6 is 15.9 Å². The van der Waals surface area contributed by atoms with Gasteiger partial charge in [0.25, 0.3) is 0 Å². The molecule has 2 nitrogen and oxygen atoms in total. The first-order valence-electron chi connectivity index (χ1n) is 4.14. The van der Waals surface area contributed by atoms with E-state index in [1.165, 1.54) is 13.2 Å². The molecule has 0 aromatic heterocycles. The van der Waals surface area contributed by atoms with Crippen LogP contribution in [0.3, 0.4) is 0 Å². The van der Waals surface area contributed by atoms with Gasteiger partial charge in [-0.2, -0.15) is 0 Å². The van der Waals surface area contributed by atoms with E-state index >= 15 is 0 Å². The monoisotopic (exact) mass is 270 g/mol. The highest BCUT2D eigenvalue weighted by Crippen LogP contribution is 2.15. The Bertz CT molecular complexity index is 432. The summed E-state index contributed by atoms with van der Waals surface area (Å²) in [6.45, 7) is 0. The van der Waals surface area contributed by atoms with Crippen LogP contribution in [0.4, 0.5) is 4.39 Å². The van der Waals surface area contributed by atoms with Crippen molar-refractivity contribution in [3.05, 3.63) is 34.1 Å². The molecule has 1 aromatic carbocycles. The van der Waals surface area contributed by atoms with Crippen LogP contribution in [-0.4, -0.2) is 13.1 Å². The Labute approximate surface area is 95.6 Å². The third kappa shape index (κ3) is 3.72. The van der Waals surface area contributed by atoms with Crippen molar-refractivity contribution in [2.24, 2.45) is 0 Å². The van der Waals surface area contributed by atoms with Crippen LogP contribution in [0.15, 0.2) is 22.7 Å². The van der Waals surface area contributed by atoms with Crippen LogP contribution < -0.4 is 0 Å². The standard InChI is InChI=1S/C11H8BrFO2/c1-15-11(14)4-2-3-8-5-6-10(13)9(12)7-8/h5-7H,4H2,1H3. The fourth-order valence-corrected chi connectivity index (χ4v) is 1.24. The summed E-state index contributed by atoms with van der Waals surface area (Å²) >= 11 is 3.05. The first kappa shape index (κ1) is 11.7. The Morgan fingerprint density at radius 3 is 2.93 bits per heavy atom. The molecule has 0 unspecified atom stereocenters. The van der Waals surface area contributed by atoms with Crippen molar-refractivity contribution in [1.82, 2.24) is 0 Å². The van der Waals surface area contributed by atoms with Crippen LogP contribution in [-0.2, 0) is 9.53 Å². The molecule has 0 radical (unpaired) electrons. The van der Waals surface area contributed by atoms with Gasteiger partial charge in [-0.1, -0.05) is 11.8 Å². The summed E-state index contributed by atoms with van der Waals surface area (Å²) in [5.41, 5.74) is 0.646. The van der Waals surface area contributed by atoms with Gasteiger partial charge in [-0.05, 0) is 34.1 Å². The van der Waals surface area contributed by atoms with Crippen molar-refractivity contribution in [3.63, 3.8) is 0 Å². The third-order valence-corrected chi connectivity index (χ3v) is 2.22. The molecule has 0 aliphatic rings. The lowest BCUT2D eigenvalue weighted by Crippen LogP contribution is -1.97. The molecule has 0 spiro atoms. The number of benzene rings is 1. The van der Waals surface area contributed by atoms with Crippen molar-refractivity contribution >= 4 is 21.9 Å². The number of methoxy groups -OCH3 is 1. The summed E-state index contributed by atoms with van der Waals surface area (Å²) in [6.07, 6.45) is 0.0332. The number of esters is 1. The minimum Gasteiger partial charge on any atom is -0.468 e. The lowest BCUT2D eigenvalue weighted by Gasteiger charge is -1.94. The lowest BCUT2D eigenvalue weighted by molar-refractivity contribution is -0.139. The molecule has 4 heteroatoms. The number of halogens is 2. The minimum atomic E-state index is -0.385. The molecular formula is C11H8BrFO2. The third-order valence-electron chi connectivity index (χ3n) is 1.61. The molecule has 0 fully saturated rings.